The van der Waals surface area contributed by atoms with Gasteiger partial charge in [0.1, 0.15) is 12.1 Å². The van der Waals surface area contributed by atoms with Crippen LogP contribution in [0.3, 0.4) is 0 Å². The van der Waals surface area contributed by atoms with Crippen molar-refractivity contribution in [2.24, 2.45) is 11.1 Å². The van der Waals surface area contributed by atoms with Crippen LogP contribution in [0.25, 0.3) is 10.8 Å². The molecule has 3 amide bonds. The first-order chi connectivity index (χ1) is 21.9. The Balaban J connectivity index is 2.02. The quantitative estimate of drug-likeness (QED) is 0.218. The van der Waals surface area contributed by atoms with Crippen LogP contribution in [-0.2, 0) is 27.2 Å². The number of aliphatic hydroxyl groups is 1. The predicted molar refractivity (Wildman–Crippen MR) is 181 cm³/mol. The fraction of sp³-hybridized carbons (Fsp3) is 0.432. The third-order valence-corrected chi connectivity index (χ3v) is 8.15. The molecular weight excluding hydrogens is 602 g/mol. The first kappa shape index (κ1) is 37.3. The van der Waals surface area contributed by atoms with Crippen LogP contribution in [0, 0.1) is 17.0 Å². The third kappa shape index (κ3) is 10.7. The number of hydrogen-bond donors (Lipinski definition) is 3. The van der Waals surface area contributed by atoms with Crippen molar-refractivity contribution in [1.29, 1.82) is 0 Å². The topological polar surface area (TPSA) is 116 Å². The lowest BCUT2D eigenvalue weighted by Crippen LogP contribution is -2.56. The van der Waals surface area contributed by atoms with Crippen molar-refractivity contribution in [2.75, 3.05) is 27.2 Å². The molecule has 10 heteroatoms. The molecule has 0 aromatic heterocycles. The number of fused-ring (bicyclic) bond motifs is 1. The van der Waals surface area contributed by atoms with Crippen LogP contribution in [-0.4, -0.2) is 77.5 Å². The van der Waals surface area contributed by atoms with Crippen LogP contribution in [0.4, 0.5) is 8.78 Å². The molecule has 254 valence electrons. The number of benzene rings is 3. The summed E-state index contributed by atoms with van der Waals surface area (Å²) in [5, 5.41) is 14.5. The molecule has 3 aromatic carbocycles. The molecule has 0 aliphatic carbocycles. The number of aliphatic hydroxyl groups excluding tert-OH is 1. The van der Waals surface area contributed by atoms with Crippen molar-refractivity contribution in [3.8, 4) is 0 Å². The zero-order chi connectivity index (χ0) is 35.1. The predicted octanol–water partition coefficient (Wildman–Crippen LogP) is 4.77. The number of nitrogens with zero attached hydrogens (tertiary/aromatic N) is 2. The van der Waals surface area contributed by atoms with E-state index in [-0.39, 0.29) is 26.0 Å². The van der Waals surface area contributed by atoms with Gasteiger partial charge in [0, 0.05) is 57.1 Å². The Morgan fingerprint density at radius 3 is 2.09 bits per heavy atom. The van der Waals surface area contributed by atoms with Crippen molar-refractivity contribution < 1.29 is 28.3 Å². The number of amides is 3. The number of likely N-dealkylation sites (N-methyl/N-ethyl adjacent to an activating group) is 2. The van der Waals surface area contributed by atoms with Crippen LogP contribution < -0.4 is 11.1 Å². The monoisotopic (exact) mass is 650 g/mol. The van der Waals surface area contributed by atoms with E-state index in [1.54, 1.807) is 20.9 Å². The zero-order valence-corrected chi connectivity index (χ0v) is 28.4. The summed E-state index contributed by atoms with van der Waals surface area (Å²) in [5.41, 5.74) is 6.86. The van der Waals surface area contributed by atoms with E-state index in [1.165, 1.54) is 29.0 Å². The fourth-order valence-corrected chi connectivity index (χ4v) is 5.40. The van der Waals surface area contributed by atoms with E-state index in [9.17, 15) is 28.3 Å². The Bertz CT molecular complexity index is 1620. The van der Waals surface area contributed by atoms with E-state index < -0.39 is 52.4 Å². The van der Waals surface area contributed by atoms with Gasteiger partial charge in [-0.15, -0.1) is 0 Å². The van der Waals surface area contributed by atoms with Crippen LogP contribution in [0.5, 0.6) is 0 Å². The Morgan fingerprint density at radius 2 is 1.47 bits per heavy atom. The minimum atomic E-state index is -1.14. The maximum absolute atomic E-state index is 14.4. The second-order valence-electron chi connectivity index (χ2n) is 14.0. The minimum absolute atomic E-state index is 0.110. The maximum Gasteiger partial charge on any atom is 0.246 e. The second-order valence-corrected chi connectivity index (χ2v) is 14.0. The largest absolute Gasteiger partial charge is 0.396 e. The SMILES string of the molecule is C/C(=C\C(=O)N(C)[C@H](Cc1ccc2ccccc2c1)C(=O)N(C)[C@H](Cc1ccc(F)c(F)c1)C(=O)NCC(C)(C)CO)CC(C)(C)N. The molecule has 0 aliphatic rings. The molecule has 8 nitrogen and oxygen atoms in total. The van der Waals surface area contributed by atoms with Gasteiger partial charge < -0.3 is 26.0 Å². The number of hydrogen-bond acceptors (Lipinski definition) is 5. The lowest BCUT2D eigenvalue weighted by atomic mass is 9.94. The summed E-state index contributed by atoms with van der Waals surface area (Å²) in [6.45, 7) is 8.99. The number of rotatable bonds is 14. The lowest BCUT2D eigenvalue weighted by Gasteiger charge is -2.35. The van der Waals surface area contributed by atoms with Gasteiger partial charge in [-0.3, -0.25) is 14.4 Å². The number of nitrogens with one attached hydrogen (secondary N) is 1. The van der Waals surface area contributed by atoms with Gasteiger partial charge in [0.25, 0.3) is 0 Å². The van der Waals surface area contributed by atoms with E-state index in [0.717, 1.165) is 34.0 Å². The molecule has 3 aromatic rings. The highest BCUT2D eigenvalue weighted by Gasteiger charge is 2.35. The molecule has 2 atom stereocenters. The standard InChI is InChI=1S/C37H48F2N4O4/c1-24(21-37(4,5)40)16-33(45)42(6)32(20-25-12-14-27-10-8-9-11-28(27)17-25)35(47)43(7)31(34(46)41-22-36(2,3)23-44)19-26-13-15-29(38)30(39)18-26/h8-18,31-32,44H,19-23,40H2,1-7H3,(H,41,46)/b24-16+/t31-,32-/m1/s1. The van der Waals surface area contributed by atoms with Crippen molar-refractivity contribution in [3.05, 3.63) is 95.1 Å². The van der Waals surface area contributed by atoms with Crippen LogP contribution in [0.2, 0.25) is 0 Å². The molecule has 0 unspecified atom stereocenters. The Hall–Kier alpha value is -4.15. The van der Waals surface area contributed by atoms with Crippen molar-refractivity contribution in [3.63, 3.8) is 0 Å². The van der Waals surface area contributed by atoms with E-state index in [4.69, 9.17) is 5.73 Å². The van der Waals surface area contributed by atoms with E-state index >= 15 is 0 Å². The third-order valence-electron chi connectivity index (χ3n) is 8.15. The molecule has 3 rings (SSSR count). The molecule has 0 aliphatic heterocycles. The maximum atomic E-state index is 14.4. The molecule has 0 radical (unpaired) electrons. The summed E-state index contributed by atoms with van der Waals surface area (Å²) >= 11 is 0. The summed E-state index contributed by atoms with van der Waals surface area (Å²) in [6.07, 6.45) is 1.98. The van der Waals surface area contributed by atoms with Crippen LogP contribution in [0.15, 0.2) is 72.3 Å². The van der Waals surface area contributed by atoms with Gasteiger partial charge in [0.15, 0.2) is 11.6 Å². The van der Waals surface area contributed by atoms with Gasteiger partial charge in [0.05, 0.1) is 0 Å². The Morgan fingerprint density at radius 1 is 0.872 bits per heavy atom. The van der Waals surface area contributed by atoms with Gasteiger partial charge in [-0.1, -0.05) is 68.0 Å². The van der Waals surface area contributed by atoms with Crippen LogP contribution in [0.1, 0.15) is 52.2 Å². The summed E-state index contributed by atoms with van der Waals surface area (Å²) in [6, 6.07) is 14.8. The van der Waals surface area contributed by atoms with Gasteiger partial charge in [0.2, 0.25) is 17.7 Å². The van der Waals surface area contributed by atoms with E-state index in [1.807, 2.05) is 63.2 Å². The molecule has 47 heavy (non-hydrogen) atoms. The van der Waals surface area contributed by atoms with Crippen molar-refractivity contribution in [1.82, 2.24) is 15.1 Å². The van der Waals surface area contributed by atoms with Crippen molar-refractivity contribution in [2.45, 2.75) is 71.5 Å². The molecule has 0 fully saturated rings. The Labute approximate surface area is 276 Å². The van der Waals surface area contributed by atoms with Crippen LogP contribution >= 0.6 is 0 Å². The summed E-state index contributed by atoms with van der Waals surface area (Å²) in [5.74, 6) is -3.54. The molecular formula is C37H48F2N4O4. The highest BCUT2D eigenvalue weighted by molar-refractivity contribution is 5.95. The molecule has 0 bridgehead atoms. The van der Waals surface area contributed by atoms with Gasteiger partial charge in [-0.25, -0.2) is 8.78 Å². The Kier molecular flexibility index (Phi) is 12.4. The molecule has 0 heterocycles. The van der Waals surface area contributed by atoms with Gasteiger partial charge in [-0.05, 0) is 61.2 Å². The first-order valence-electron chi connectivity index (χ1n) is 15.7. The summed E-state index contributed by atoms with van der Waals surface area (Å²) in [7, 11) is 3.01. The molecule has 0 saturated carbocycles. The molecule has 4 N–H and O–H groups in total. The smallest absolute Gasteiger partial charge is 0.246 e. The van der Waals surface area contributed by atoms with E-state index in [0.29, 0.717) is 12.0 Å². The zero-order valence-electron chi connectivity index (χ0n) is 28.4. The number of halogens is 2. The van der Waals surface area contributed by atoms with Gasteiger partial charge in [-0.2, -0.15) is 0 Å². The highest BCUT2D eigenvalue weighted by Crippen LogP contribution is 2.22. The molecule has 0 spiro atoms. The number of nitrogens with two attached hydrogens (primary N) is 1. The van der Waals surface area contributed by atoms with E-state index in [2.05, 4.69) is 5.32 Å². The minimum Gasteiger partial charge on any atom is -0.396 e. The lowest BCUT2D eigenvalue weighted by molar-refractivity contribution is -0.146. The number of carbonyl (C=O) groups is 3. The fourth-order valence-electron chi connectivity index (χ4n) is 5.40. The summed E-state index contributed by atoms with van der Waals surface area (Å²) in [4.78, 5) is 44.3. The molecule has 0 saturated heterocycles. The first-order valence-corrected chi connectivity index (χ1v) is 15.7. The average molecular weight is 651 g/mol. The van der Waals surface area contributed by atoms with Gasteiger partial charge >= 0.3 is 0 Å². The second kappa shape index (κ2) is 15.6. The van der Waals surface area contributed by atoms with Crippen molar-refractivity contribution >= 4 is 28.5 Å². The number of carbonyl (C=O) groups excluding carboxylic acids is 3. The highest BCUT2D eigenvalue weighted by atomic mass is 19.2. The average Bonchev–Trinajstić information content (AvgIpc) is 3.01. The normalized spacial score (nSPS) is 13.6. The summed E-state index contributed by atoms with van der Waals surface area (Å²) < 4.78 is 27.9.